The number of hydrogen-bond donors (Lipinski definition) is 0. The number of para-hydroxylation sites is 1. The Morgan fingerprint density at radius 2 is 1.67 bits per heavy atom. The van der Waals surface area contributed by atoms with Crippen molar-refractivity contribution in [1.82, 2.24) is 0 Å². The van der Waals surface area contributed by atoms with Gasteiger partial charge < -0.3 is 4.74 Å². The highest BCUT2D eigenvalue weighted by molar-refractivity contribution is 5.44. The van der Waals surface area contributed by atoms with Crippen LogP contribution in [-0.2, 0) is 6.18 Å². The van der Waals surface area contributed by atoms with Crippen molar-refractivity contribution < 1.29 is 17.9 Å². The number of alkyl halides is 3. The molecular formula is C17H15F3O. The number of rotatable bonds is 1. The smallest absolute Gasteiger partial charge is 0.416 e. The van der Waals surface area contributed by atoms with E-state index in [2.05, 4.69) is 0 Å². The van der Waals surface area contributed by atoms with Crippen LogP contribution in [0.2, 0.25) is 0 Å². The molecule has 0 spiro atoms. The molecule has 1 nitrogen and oxygen atoms in total. The Bertz CT molecular complexity index is 631. The van der Waals surface area contributed by atoms with Gasteiger partial charge in [-0.2, -0.15) is 13.2 Å². The monoisotopic (exact) mass is 292 g/mol. The lowest BCUT2D eigenvalue weighted by Crippen LogP contribution is -2.23. The molecule has 0 aliphatic carbocycles. The van der Waals surface area contributed by atoms with Crippen LogP contribution in [0.1, 0.15) is 36.0 Å². The summed E-state index contributed by atoms with van der Waals surface area (Å²) in [6, 6.07) is 13.2. The van der Waals surface area contributed by atoms with E-state index in [1.54, 1.807) is 12.1 Å². The first-order valence-electron chi connectivity index (χ1n) is 6.88. The van der Waals surface area contributed by atoms with E-state index in [-0.39, 0.29) is 12.0 Å². The summed E-state index contributed by atoms with van der Waals surface area (Å²) in [6.07, 6.45) is -3.48. The van der Waals surface area contributed by atoms with Gasteiger partial charge in [-0.1, -0.05) is 30.3 Å². The van der Waals surface area contributed by atoms with Gasteiger partial charge in [0.15, 0.2) is 0 Å². The molecule has 21 heavy (non-hydrogen) atoms. The third-order valence-corrected chi connectivity index (χ3v) is 3.83. The summed E-state index contributed by atoms with van der Waals surface area (Å²) in [7, 11) is 0. The van der Waals surface area contributed by atoms with Crippen LogP contribution in [0.25, 0.3) is 0 Å². The lowest BCUT2D eigenvalue weighted by Gasteiger charge is -2.30. The first-order chi connectivity index (χ1) is 9.95. The van der Waals surface area contributed by atoms with Crippen molar-refractivity contribution in [2.45, 2.75) is 31.5 Å². The van der Waals surface area contributed by atoms with Crippen molar-refractivity contribution in [1.29, 1.82) is 0 Å². The van der Waals surface area contributed by atoms with Crippen molar-refractivity contribution >= 4 is 0 Å². The van der Waals surface area contributed by atoms with Gasteiger partial charge in [-0.3, -0.25) is 0 Å². The first-order valence-corrected chi connectivity index (χ1v) is 6.88. The van der Waals surface area contributed by atoms with Crippen LogP contribution in [0.5, 0.6) is 5.75 Å². The third-order valence-electron chi connectivity index (χ3n) is 3.83. The molecule has 0 amide bonds. The molecule has 2 aromatic carbocycles. The Hall–Kier alpha value is -1.97. The average Bonchev–Trinajstić information content (AvgIpc) is 2.45. The van der Waals surface area contributed by atoms with Gasteiger partial charge in [0.05, 0.1) is 11.7 Å². The lowest BCUT2D eigenvalue weighted by molar-refractivity contribution is -0.137. The predicted molar refractivity (Wildman–Crippen MR) is 74.4 cm³/mol. The van der Waals surface area contributed by atoms with Gasteiger partial charge in [0.25, 0.3) is 0 Å². The fourth-order valence-corrected chi connectivity index (χ4v) is 2.82. The highest BCUT2D eigenvalue weighted by Crippen LogP contribution is 2.40. The zero-order valence-corrected chi connectivity index (χ0v) is 11.5. The van der Waals surface area contributed by atoms with E-state index < -0.39 is 11.7 Å². The zero-order valence-electron chi connectivity index (χ0n) is 11.5. The standard InChI is InChI=1S/C17H15F3O/c1-11-10-15(14-4-2-3-5-16(14)21-11)12-6-8-13(9-7-12)17(18,19)20/h2-9,11,15H,10H2,1H3. The Balaban J connectivity index is 1.97. The van der Waals surface area contributed by atoms with Crippen LogP contribution in [0.3, 0.4) is 0 Å². The van der Waals surface area contributed by atoms with Crippen LogP contribution >= 0.6 is 0 Å². The van der Waals surface area contributed by atoms with Gasteiger partial charge in [-0.25, -0.2) is 0 Å². The average molecular weight is 292 g/mol. The second-order valence-corrected chi connectivity index (χ2v) is 5.37. The molecule has 1 aliphatic rings. The maximum absolute atomic E-state index is 12.6. The number of ether oxygens (including phenoxy) is 1. The highest BCUT2D eigenvalue weighted by Gasteiger charge is 2.31. The molecule has 3 rings (SSSR count). The van der Waals surface area contributed by atoms with Crippen LogP contribution < -0.4 is 4.74 Å². The molecule has 4 heteroatoms. The third kappa shape index (κ3) is 2.75. The van der Waals surface area contributed by atoms with Crippen molar-refractivity contribution in [3.63, 3.8) is 0 Å². The van der Waals surface area contributed by atoms with Crippen molar-refractivity contribution in [2.75, 3.05) is 0 Å². The molecule has 2 unspecified atom stereocenters. The quantitative estimate of drug-likeness (QED) is 0.718. The first kappa shape index (κ1) is 14.0. The van der Waals surface area contributed by atoms with Gasteiger partial charge >= 0.3 is 6.18 Å². The van der Waals surface area contributed by atoms with Crippen LogP contribution in [0.4, 0.5) is 13.2 Å². The summed E-state index contributed by atoms with van der Waals surface area (Å²) in [5.41, 5.74) is 1.32. The van der Waals surface area contributed by atoms with E-state index in [4.69, 9.17) is 4.74 Å². The highest BCUT2D eigenvalue weighted by atomic mass is 19.4. The normalized spacial score (nSPS) is 21.5. The van der Waals surface area contributed by atoms with E-state index in [9.17, 15) is 13.2 Å². The lowest BCUT2D eigenvalue weighted by atomic mass is 9.84. The molecule has 0 aromatic heterocycles. The van der Waals surface area contributed by atoms with Gasteiger partial charge in [-0.15, -0.1) is 0 Å². The molecule has 110 valence electrons. The Kier molecular flexibility index (Phi) is 3.40. The minimum Gasteiger partial charge on any atom is -0.490 e. The van der Waals surface area contributed by atoms with E-state index >= 15 is 0 Å². The minimum atomic E-state index is -4.29. The number of benzene rings is 2. The molecule has 0 fully saturated rings. The summed E-state index contributed by atoms with van der Waals surface area (Å²) in [5.74, 6) is 0.897. The van der Waals surface area contributed by atoms with Gasteiger partial charge in [0.1, 0.15) is 5.75 Å². The molecule has 0 saturated carbocycles. The van der Waals surface area contributed by atoms with Gasteiger partial charge in [0.2, 0.25) is 0 Å². The fraction of sp³-hybridized carbons (Fsp3) is 0.294. The summed E-state index contributed by atoms with van der Waals surface area (Å²) >= 11 is 0. The number of hydrogen-bond acceptors (Lipinski definition) is 1. The van der Waals surface area contributed by atoms with E-state index in [1.807, 2.05) is 31.2 Å². The van der Waals surface area contributed by atoms with E-state index in [0.29, 0.717) is 0 Å². The summed E-state index contributed by atoms with van der Waals surface area (Å²) in [6.45, 7) is 1.98. The second kappa shape index (κ2) is 5.10. The van der Waals surface area contributed by atoms with Crippen molar-refractivity contribution in [2.24, 2.45) is 0 Å². The SMILES string of the molecule is CC1CC(c2ccc(C(F)(F)F)cc2)c2ccccc2O1. The van der Waals surface area contributed by atoms with E-state index in [1.165, 1.54) is 0 Å². The summed E-state index contributed by atoms with van der Waals surface area (Å²) in [4.78, 5) is 0. The Labute approximate surface area is 121 Å². The molecule has 0 N–H and O–H groups in total. The zero-order chi connectivity index (χ0) is 15.0. The Morgan fingerprint density at radius 3 is 2.33 bits per heavy atom. The fourth-order valence-electron chi connectivity index (χ4n) is 2.82. The van der Waals surface area contributed by atoms with E-state index in [0.717, 1.165) is 35.4 Å². The number of halogens is 3. The maximum atomic E-state index is 12.6. The predicted octanol–water partition coefficient (Wildman–Crippen LogP) is 5.01. The molecule has 1 aliphatic heterocycles. The topological polar surface area (TPSA) is 9.23 Å². The molecule has 2 aromatic rings. The molecule has 0 radical (unpaired) electrons. The molecule has 2 atom stereocenters. The van der Waals surface area contributed by atoms with Gasteiger partial charge in [-0.05, 0) is 37.1 Å². The van der Waals surface area contributed by atoms with Gasteiger partial charge in [0, 0.05) is 11.5 Å². The number of fused-ring (bicyclic) bond motifs is 1. The maximum Gasteiger partial charge on any atom is 0.416 e. The van der Waals surface area contributed by atoms with Crippen LogP contribution in [-0.4, -0.2) is 6.10 Å². The molecular weight excluding hydrogens is 277 g/mol. The van der Waals surface area contributed by atoms with Crippen LogP contribution in [0, 0.1) is 0 Å². The Morgan fingerprint density at radius 1 is 1.00 bits per heavy atom. The second-order valence-electron chi connectivity index (χ2n) is 5.37. The van der Waals surface area contributed by atoms with Crippen molar-refractivity contribution in [3.05, 3.63) is 65.2 Å². The summed E-state index contributed by atoms with van der Waals surface area (Å²) in [5, 5.41) is 0. The minimum absolute atomic E-state index is 0.0483. The molecule has 0 bridgehead atoms. The van der Waals surface area contributed by atoms with Crippen LogP contribution in [0.15, 0.2) is 48.5 Å². The van der Waals surface area contributed by atoms with Crippen molar-refractivity contribution in [3.8, 4) is 5.75 Å². The molecule has 1 heterocycles. The molecule has 0 saturated heterocycles. The summed E-state index contributed by atoms with van der Waals surface area (Å²) < 4.78 is 43.7. The largest absolute Gasteiger partial charge is 0.490 e.